The van der Waals surface area contributed by atoms with Crippen molar-refractivity contribution in [3.05, 3.63) is 58.6 Å². The molecular formula is C14H11ClO. The van der Waals surface area contributed by atoms with Crippen LogP contribution in [0.15, 0.2) is 42.5 Å². The quantitative estimate of drug-likeness (QED) is 0.709. The summed E-state index contributed by atoms with van der Waals surface area (Å²) in [6.07, 6.45) is 0.841. The molecule has 16 heavy (non-hydrogen) atoms. The van der Waals surface area contributed by atoms with Crippen molar-refractivity contribution >= 4 is 17.9 Å². The molecule has 0 aliphatic heterocycles. The van der Waals surface area contributed by atoms with Crippen LogP contribution >= 0.6 is 11.6 Å². The lowest BCUT2D eigenvalue weighted by Gasteiger charge is -2.08. The largest absolute Gasteiger partial charge is 0.298 e. The van der Waals surface area contributed by atoms with Gasteiger partial charge in [0, 0.05) is 10.6 Å². The van der Waals surface area contributed by atoms with Crippen molar-refractivity contribution < 1.29 is 4.79 Å². The molecule has 0 saturated carbocycles. The molecule has 0 aromatic heterocycles. The van der Waals surface area contributed by atoms with E-state index in [4.69, 9.17) is 11.6 Å². The predicted molar refractivity (Wildman–Crippen MR) is 67.0 cm³/mol. The third-order valence-corrected chi connectivity index (χ3v) is 2.81. The standard InChI is InChI=1S/C14H11ClO/c1-10-4-2-3-5-13(10)14-7-6-12(15)8-11(14)9-16/h2-9H,1H3. The van der Waals surface area contributed by atoms with Gasteiger partial charge in [-0.25, -0.2) is 0 Å². The number of aldehydes is 1. The fourth-order valence-electron chi connectivity index (χ4n) is 1.75. The first-order chi connectivity index (χ1) is 7.72. The van der Waals surface area contributed by atoms with Gasteiger partial charge in [0.25, 0.3) is 0 Å². The number of halogens is 1. The zero-order valence-electron chi connectivity index (χ0n) is 8.91. The first kappa shape index (κ1) is 10.9. The average Bonchev–Trinajstić information content (AvgIpc) is 2.30. The van der Waals surface area contributed by atoms with Crippen LogP contribution in [0, 0.1) is 6.92 Å². The Balaban J connectivity index is 2.65. The summed E-state index contributed by atoms with van der Waals surface area (Å²) >= 11 is 5.86. The Kier molecular flexibility index (Phi) is 3.07. The van der Waals surface area contributed by atoms with E-state index in [0.29, 0.717) is 10.6 Å². The van der Waals surface area contributed by atoms with Gasteiger partial charge in [0.05, 0.1) is 0 Å². The van der Waals surface area contributed by atoms with Crippen molar-refractivity contribution in [1.82, 2.24) is 0 Å². The number of rotatable bonds is 2. The molecule has 0 N–H and O–H groups in total. The van der Waals surface area contributed by atoms with Gasteiger partial charge in [0.15, 0.2) is 6.29 Å². The number of carbonyl (C=O) groups excluding carboxylic acids is 1. The van der Waals surface area contributed by atoms with Crippen LogP contribution in [0.4, 0.5) is 0 Å². The van der Waals surface area contributed by atoms with E-state index in [9.17, 15) is 4.79 Å². The van der Waals surface area contributed by atoms with E-state index in [0.717, 1.165) is 23.0 Å². The third kappa shape index (κ3) is 2.00. The molecule has 0 aliphatic carbocycles. The topological polar surface area (TPSA) is 17.1 Å². The SMILES string of the molecule is Cc1ccccc1-c1ccc(Cl)cc1C=O. The van der Waals surface area contributed by atoms with Gasteiger partial charge in [0.2, 0.25) is 0 Å². The number of carbonyl (C=O) groups is 1. The molecular weight excluding hydrogens is 220 g/mol. The van der Waals surface area contributed by atoms with E-state index >= 15 is 0 Å². The fraction of sp³-hybridized carbons (Fsp3) is 0.0714. The summed E-state index contributed by atoms with van der Waals surface area (Å²) in [7, 11) is 0. The molecule has 0 amide bonds. The number of benzene rings is 2. The molecule has 0 unspecified atom stereocenters. The van der Waals surface area contributed by atoms with Gasteiger partial charge < -0.3 is 0 Å². The molecule has 2 aromatic rings. The average molecular weight is 231 g/mol. The first-order valence-corrected chi connectivity index (χ1v) is 5.41. The molecule has 80 valence electrons. The summed E-state index contributed by atoms with van der Waals surface area (Å²) in [6, 6.07) is 13.4. The van der Waals surface area contributed by atoms with Crippen LogP contribution in [0.25, 0.3) is 11.1 Å². The van der Waals surface area contributed by atoms with Gasteiger partial charge in [-0.05, 0) is 35.7 Å². The Morgan fingerprint density at radius 3 is 2.50 bits per heavy atom. The summed E-state index contributed by atoms with van der Waals surface area (Å²) in [6.45, 7) is 2.03. The Bertz CT molecular complexity index is 532. The molecule has 0 saturated heterocycles. The molecule has 0 fully saturated rings. The second kappa shape index (κ2) is 4.50. The Hall–Kier alpha value is -1.60. The molecule has 2 rings (SSSR count). The van der Waals surface area contributed by atoms with Crippen molar-refractivity contribution in [1.29, 1.82) is 0 Å². The minimum atomic E-state index is 0.583. The zero-order valence-corrected chi connectivity index (χ0v) is 9.66. The Morgan fingerprint density at radius 1 is 1.06 bits per heavy atom. The summed E-state index contributed by atoms with van der Waals surface area (Å²) in [5.74, 6) is 0. The lowest BCUT2D eigenvalue weighted by Crippen LogP contribution is -1.89. The first-order valence-electron chi connectivity index (χ1n) is 5.03. The van der Waals surface area contributed by atoms with Crippen molar-refractivity contribution in [3.8, 4) is 11.1 Å². The van der Waals surface area contributed by atoms with E-state index in [2.05, 4.69) is 0 Å². The van der Waals surface area contributed by atoms with Crippen LogP contribution in [0.5, 0.6) is 0 Å². The van der Waals surface area contributed by atoms with E-state index in [1.165, 1.54) is 0 Å². The third-order valence-electron chi connectivity index (χ3n) is 2.58. The molecule has 2 heteroatoms. The molecule has 0 atom stereocenters. The van der Waals surface area contributed by atoms with Crippen LogP contribution < -0.4 is 0 Å². The van der Waals surface area contributed by atoms with Gasteiger partial charge in [-0.1, -0.05) is 41.9 Å². The van der Waals surface area contributed by atoms with E-state index in [1.54, 1.807) is 12.1 Å². The highest BCUT2D eigenvalue weighted by Gasteiger charge is 2.06. The zero-order chi connectivity index (χ0) is 11.5. The van der Waals surface area contributed by atoms with Gasteiger partial charge in [-0.2, -0.15) is 0 Å². The summed E-state index contributed by atoms with van der Waals surface area (Å²) in [5, 5.41) is 0.583. The van der Waals surface area contributed by atoms with Crippen LogP contribution in [-0.4, -0.2) is 6.29 Å². The van der Waals surface area contributed by atoms with Crippen molar-refractivity contribution in [3.63, 3.8) is 0 Å². The van der Waals surface area contributed by atoms with Crippen molar-refractivity contribution in [2.24, 2.45) is 0 Å². The van der Waals surface area contributed by atoms with Crippen molar-refractivity contribution in [2.75, 3.05) is 0 Å². The van der Waals surface area contributed by atoms with Crippen LogP contribution in [0.1, 0.15) is 15.9 Å². The molecule has 2 aromatic carbocycles. The number of aryl methyl sites for hydroxylation is 1. The van der Waals surface area contributed by atoms with Gasteiger partial charge in [-0.15, -0.1) is 0 Å². The predicted octanol–water partition coefficient (Wildman–Crippen LogP) is 4.13. The maximum Gasteiger partial charge on any atom is 0.150 e. The van der Waals surface area contributed by atoms with Gasteiger partial charge in [0.1, 0.15) is 0 Å². The fourth-order valence-corrected chi connectivity index (χ4v) is 1.93. The van der Waals surface area contributed by atoms with E-state index < -0.39 is 0 Å². The molecule has 0 radical (unpaired) electrons. The summed E-state index contributed by atoms with van der Waals surface area (Å²) < 4.78 is 0. The lowest BCUT2D eigenvalue weighted by molar-refractivity contribution is 0.112. The normalized spacial score (nSPS) is 10.1. The highest BCUT2D eigenvalue weighted by Crippen LogP contribution is 2.27. The smallest absolute Gasteiger partial charge is 0.150 e. The number of hydrogen-bond donors (Lipinski definition) is 0. The monoisotopic (exact) mass is 230 g/mol. The van der Waals surface area contributed by atoms with Crippen LogP contribution in [0.2, 0.25) is 5.02 Å². The maximum absolute atomic E-state index is 11.0. The summed E-state index contributed by atoms with van der Waals surface area (Å²) in [4.78, 5) is 11.0. The highest BCUT2D eigenvalue weighted by atomic mass is 35.5. The molecule has 0 spiro atoms. The second-order valence-electron chi connectivity index (χ2n) is 3.66. The van der Waals surface area contributed by atoms with Crippen LogP contribution in [-0.2, 0) is 0 Å². The molecule has 1 nitrogen and oxygen atoms in total. The lowest BCUT2D eigenvalue weighted by atomic mass is 9.97. The second-order valence-corrected chi connectivity index (χ2v) is 4.10. The molecule has 0 aliphatic rings. The maximum atomic E-state index is 11.0. The molecule has 0 heterocycles. The minimum Gasteiger partial charge on any atom is -0.298 e. The van der Waals surface area contributed by atoms with Crippen molar-refractivity contribution in [2.45, 2.75) is 6.92 Å². The van der Waals surface area contributed by atoms with E-state index in [1.807, 2.05) is 37.3 Å². The molecule has 0 bridgehead atoms. The summed E-state index contributed by atoms with van der Waals surface area (Å²) in [5.41, 5.74) is 3.77. The Morgan fingerprint density at radius 2 is 1.81 bits per heavy atom. The van der Waals surface area contributed by atoms with E-state index in [-0.39, 0.29) is 0 Å². The Labute approximate surface area is 99.7 Å². The van der Waals surface area contributed by atoms with Gasteiger partial charge >= 0.3 is 0 Å². The highest BCUT2D eigenvalue weighted by molar-refractivity contribution is 6.31. The number of hydrogen-bond acceptors (Lipinski definition) is 1. The van der Waals surface area contributed by atoms with Gasteiger partial charge in [-0.3, -0.25) is 4.79 Å². The minimum absolute atomic E-state index is 0.583. The van der Waals surface area contributed by atoms with Crippen LogP contribution in [0.3, 0.4) is 0 Å².